The molecule has 306 valence electrons. The molecule has 0 saturated carbocycles. The Morgan fingerprint density at radius 1 is 0.529 bits per heavy atom. The molecule has 51 heavy (non-hydrogen) atoms. The van der Waals surface area contributed by atoms with Crippen molar-refractivity contribution in [3.8, 4) is 0 Å². The van der Waals surface area contributed by atoms with Crippen molar-refractivity contribution in [2.45, 2.75) is 213 Å². The molecule has 0 aromatic heterocycles. The lowest BCUT2D eigenvalue weighted by atomic mass is 10.0. The Labute approximate surface area is 317 Å². The number of esters is 1. The van der Waals surface area contributed by atoms with E-state index in [9.17, 15) is 14.3 Å². The van der Waals surface area contributed by atoms with Gasteiger partial charge in [0.05, 0.1) is 34.4 Å². The minimum atomic E-state index is -4.26. The van der Waals surface area contributed by atoms with Crippen molar-refractivity contribution in [2.75, 3.05) is 54.1 Å². The quantitative estimate of drug-likeness (QED) is 0.0288. The van der Waals surface area contributed by atoms with Crippen LogP contribution in [0.3, 0.4) is 0 Å². The van der Waals surface area contributed by atoms with Crippen molar-refractivity contribution in [3.05, 3.63) is 0 Å². The molecule has 0 amide bonds. The second-order valence-electron chi connectivity index (χ2n) is 16.1. The number of carbonyl (C=O) groups excluding carboxylic acids is 1. The number of likely N-dealkylation sites (N-methyl/N-ethyl adjacent to an activating group) is 1. The van der Waals surface area contributed by atoms with Gasteiger partial charge in [0, 0.05) is 13.0 Å². The van der Waals surface area contributed by atoms with Gasteiger partial charge in [0.25, 0.3) is 0 Å². The first-order chi connectivity index (χ1) is 24.6. The molecule has 8 nitrogen and oxygen atoms in total. The number of carbonyl (C=O) groups is 1. The van der Waals surface area contributed by atoms with Crippen LogP contribution in [0, 0.1) is 0 Å². The van der Waals surface area contributed by atoms with Gasteiger partial charge < -0.3 is 18.9 Å². The highest BCUT2D eigenvalue weighted by molar-refractivity contribution is 7.47. The fraction of sp³-hybridized carbons (Fsp3) is 0.976. The molecule has 0 aliphatic heterocycles. The summed E-state index contributed by atoms with van der Waals surface area (Å²) < 4.78 is 35.0. The smallest absolute Gasteiger partial charge is 0.457 e. The lowest BCUT2D eigenvalue weighted by Gasteiger charge is -2.24. The maximum absolute atomic E-state index is 12.7. The van der Waals surface area contributed by atoms with Gasteiger partial charge in [0.1, 0.15) is 19.3 Å². The Balaban J connectivity index is 4.18. The molecule has 0 saturated heterocycles. The van der Waals surface area contributed by atoms with Crippen molar-refractivity contribution < 1.29 is 37.3 Å². The van der Waals surface area contributed by atoms with Gasteiger partial charge in [0.2, 0.25) is 0 Å². The van der Waals surface area contributed by atoms with Gasteiger partial charge in [-0.2, -0.15) is 0 Å². The van der Waals surface area contributed by atoms with Crippen molar-refractivity contribution in [1.82, 2.24) is 0 Å². The largest absolute Gasteiger partial charge is 0.472 e. The third kappa shape index (κ3) is 40.5. The van der Waals surface area contributed by atoms with E-state index in [4.69, 9.17) is 18.5 Å². The fourth-order valence-corrected chi connectivity index (χ4v) is 7.00. The zero-order valence-corrected chi connectivity index (χ0v) is 35.5. The summed E-state index contributed by atoms with van der Waals surface area (Å²) >= 11 is 0. The Morgan fingerprint density at radius 2 is 0.902 bits per heavy atom. The number of hydrogen-bond donors (Lipinski definition) is 1. The Bertz CT molecular complexity index is 792. The summed E-state index contributed by atoms with van der Waals surface area (Å²) in [6, 6.07) is 0. The van der Waals surface area contributed by atoms with Crippen LogP contribution in [0.1, 0.15) is 206 Å². The Kier molecular flexibility index (Phi) is 36.1. The van der Waals surface area contributed by atoms with Crippen molar-refractivity contribution in [3.63, 3.8) is 0 Å². The molecule has 2 atom stereocenters. The second kappa shape index (κ2) is 36.5. The van der Waals surface area contributed by atoms with E-state index in [1.54, 1.807) is 0 Å². The standard InChI is InChI=1S/C42H86NO7P/c1-6-8-10-12-14-16-18-20-21-22-24-26-28-30-32-34-37-47-39-41(40-49-51(45,46)48-38-36-43(3,4)5)50-42(44)35-33-31-29-27-25-23-19-17-15-13-11-9-7-2/h41H,6-40H2,1-5H3/p+1/t41-/m0/s1. The number of hydrogen-bond acceptors (Lipinski definition) is 6. The molecule has 0 heterocycles. The molecular formula is C42H87NO7P+. The van der Waals surface area contributed by atoms with E-state index in [0.717, 1.165) is 32.1 Å². The highest BCUT2D eigenvalue weighted by Crippen LogP contribution is 2.43. The van der Waals surface area contributed by atoms with Crippen LogP contribution in [0.15, 0.2) is 0 Å². The summed E-state index contributed by atoms with van der Waals surface area (Å²) in [6.45, 7) is 5.67. The number of phosphoric acid groups is 1. The summed E-state index contributed by atoms with van der Waals surface area (Å²) in [7, 11) is 1.68. The van der Waals surface area contributed by atoms with Crippen LogP contribution in [0.25, 0.3) is 0 Å². The number of nitrogens with zero attached hydrogens (tertiary/aromatic N) is 1. The van der Waals surface area contributed by atoms with E-state index in [1.807, 2.05) is 21.1 Å². The average Bonchev–Trinajstić information content (AvgIpc) is 3.08. The normalized spacial score (nSPS) is 13.8. The summed E-state index contributed by atoms with van der Waals surface area (Å²) in [5.74, 6) is -0.309. The number of phosphoric ester groups is 1. The molecular weight excluding hydrogens is 661 g/mol. The van der Waals surface area contributed by atoms with E-state index >= 15 is 0 Å². The van der Waals surface area contributed by atoms with Gasteiger partial charge in [-0.1, -0.05) is 187 Å². The van der Waals surface area contributed by atoms with Crippen molar-refractivity contribution in [2.24, 2.45) is 0 Å². The van der Waals surface area contributed by atoms with Crippen LogP contribution in [0.4, 0.5) is 0 Å². The van der Waals surface area contributed by atoms with E-state index in [-0.39, 0.29) is 25.8 Å². The third-order valence-corrected chi connectivity index (χ3v) is 10.7. The monoisotopic (exact) mass is 749 g/mol. The molecule has 0 aromatic rings. The number of unbranched alkanes of at least 4 members (excludes halogenated alkanes) is 27. The van der Waals surface area contributed by atoms with Crippen LogP contribution >= 0.6 is 7.82 Å². The minimum absolute atomic E-state index is 0.0938. The molecule has 0 aliphatic rings. The zero-order valence-electron chi connectivity index (χ0n) is 34.6. The lowest BCUT2D eigenvalue weighted by molar-refractivity contribution is -0.870. The van der Waals surface area contributed by atoms with Gasteiger partial charge >= 0.3 is 13.8 Å². The van der Waals surface area contributed by atoms with Crippen molar-refractivity contribution in [1.29, 1.82) is 0 Å². The Hall–Kier alpha value is -0.500. The van der Waals surface area contributed by atoms with E-state index in [1.165, 1.54) is 154 Å². The second-order valence-corrected chi connectivity index (χ2v) is 17.5. The fourth-order valence-electron chi connectivity index (χ4n) is 6.26. The summed E-state index contributed by atoms with van der Waals surface area (Å²) in [6.07, 6.45) is 36.9. The molecule has 1 unspecified atom stereocenters. The lowest BCUT2D eigenvalue weighted by Crippen LogP contribution is -2.37. The van der Waals surface area contributed by atoms with Crippen LogP contribution in [0.2, 0.25) is 0 Å². The molecule has 0 spiro atoms. The third-order valence-electron chi connectivity index (χ3n) is 9.67. The highest BCUT2D eigenvalue weighted by Gasteiger charge is 2.26. The van der Waals surface area contributed by atoms with Crippen molar-refractivity contribution >= 4 is 13.8 Å². The SMILES string of the molecule is CCCCCCCCCCCCCCCCCCOC[C@@H](COP(=O)(O)OCC[N+](C)(C)C)OC(=O)CCCCCCCCCCCCCCC. The van der Waals surface area contributed by atoms with Gasteiger partial charge in [0.15, 0.2) is 0 Å². The molecule has 0 rings (SSSR count). The molecule has 9 heteroatoms. The summed E-state index contributed by atoms with van der Waals surface area (Å²) in [4.78, 5) is 22.8. The molecule has 1 N–H and O–H groups in total. The predicted octanol–water partition coefficient (Wildman–Crippen LogP) is 12.5. The van der Waals surface area contributed by atoms with Gasteiger partial charge in [-0.05, 0) is 12.8 Å². The topological polar surface area (TPSA) is 91.3 Å². The summed E-state index contributed by atoms with van der Waals surface area (Å²) in [5.41, 5.74) is 0. The highest BCUT2D eigenvalue weighted by atomic mass is 31.2. The molecule has 0 aliphatic carbocycles. The minimum Gasteiger partial charge on any atom is -0.457 e. The van der Waals surface area contributed by atoms with Gasteiger partial charge in [-0.3, -0.25) is 13.8 Å². The van der Waals surface area contributed by atoms with E-state index in [2.05, 4.69) is 13.8 Å². The zero-order chi connectivity index (χ0) is 37.7. The summed E-state index contributed by atoms with van der Waals surface area (Å²) in [5, 5.41) is 0. The number of ether oxygens (including phenoxy) is 2. The van der Waals surface area contributed by atoms with Crippen LogP contribution in [-0.2, 0) is 27.9 Å². The molecule has 0 fully saturated rings. The number of rotatable bonds is 41. The first kappa shape index (κ1) is 50.5. The average molecular weight is 749 g/mol. The molecule has 0 radical (unpaired) electrons. The van der Waals surface area contributed by atoms with Crippen LogP contribution < -0.4 is 0 Å². The maximum Gasteiger partial charge on any atom is 0.472 e. The van der Waals surface area contributed by atoms with E-state index < -0.39 is 13.9 Å². The maximum atomic E-state index is 12.7. The van der Waals surface area contributed by atoms with Crippen LogP contribution in [0.5, 0.6) is 0 Å². The van der Waals surface area contributed by atoms with Gasteiger partial charge in [-0.25, -0.2) is 4.57 Å². The van der Waals surface area contributed by atoms with E-state index in [0.29, 0.717) is 24.1 Å². The van der Waals surface area contributed by atoms with Gasteiger partial charge in [-0.15, -0.1) is 0 Å². The van der Waals surface area contributed by atoms with Crippen LogP contribution in [-0.4, -0.2) is 75.6 Å². The predicted molar refractivity (Wildman–Crippen MR) is 215 cm³/mol. The first-order valence-electron chi connectivity index (χ1n) is 21.8. The Morgan fingerprint density at radius 3 is 1.29 bits per heavy atom. The molecule has 0 aromatic carbocycles. The molecule has 0 bridgehead atoms. The number of quaternary nitrogens is 1. The first-order valence-corrected chi connectivity index (χ1v) is 23.3.